The third kappa shape index (κ3) is 3.96. The Hall–Kier alpha value is -1.11. The van der Waals surface area contributed by atoms with Crippen LogP contribution >= 0.6 is 0 Å². The Balaban J connectivity index is 2.11. The van der Waals surface area contributed by atoms with Crippen LogP contribution in [-0.4, -0.2) is 39.8 Å². The van der Waals surface area contributed by atoms with Crippen LogP contribution in [0, 0.1) is 0 Å². The molecule has 0 radical (unpaired) electrons. The van der Waals surface area contributed by atoms with Crippen molar-refractivity contribution in [3.05, 3.63) is 23.8 Å². The van der Waals surface area contributed by atoms with Gasteiger partial charge in [-0.1, -0.05) is 13.0 Å². The van der Waals surface area contributed by atoms with Crippen molar-refractivity contribution in [2.24, 2.45) is 0 Å². The summed E-state index contributed by atoms with van der Waals surface area (Å²) in [5.74, 6) is 0. The molecule has 0 saturated carbocycles. The van der Waals surface area contributed by atoms with Gasteiger partial charge in [0.25, 0.3) is 0 Å². The highest BCUT2D eigenvalue weighted by atomic mass is 32.2. The number of benzene rings is 1. The van der Waals surface area contributed by atoms with Crippen molar-refractivity contribution in [2.45, 2.75) is 37.5 Å². The average molecular weight is 312 g/mol. The molecule has 0 amide bonds. The van der Waals surface area contributed by atoms with Crippen LogP contribution in [0.1, 0.15) is 31.7 Å². The second-order valence-corrected chi connectivity index (χ2v) is 7.08. The maximum Gasteiger partial charge on any atom is 0.240 e. The lowest BCUT2D eigenvalue weighted by Crippen LogP contribution is -2.24. The molecule has 1 heterocycles. The van der Waals surface area contributed by atoms with Crippen molar-refractivity contribution < 1.29 is 13.5 Å². The van der Waals surface area contributed by atoms with Gasteiger partial charge in [-0.05, 0) is 43.4 Å². The molecule has 0 bridgehead atoms. The first-order chi connectivity index (χ1) is 10.1. The number of nitrogens with zero attached hydrogens (tertiary/aromatic N) is 1. The summed E-state index contributed by atoms with van der Waals surface area (Å²) in [7, 11) is -3.39. The number of rotatable bonds is 8. The third-order valence-electron chi connectivity index (χ3n) is 3.78. The Morgan fingerprint density at radius 3 is 2.81 bits per heavy atom. The largest absolute Gasteiger partial charge is 0.396 e. The highest BCUT2D eigenvalue weighted by Gasteiger charge is 2.22. The molecule has 6 heteroatoms. The number of aliphatic hydroxyl groups excluding tert-OH is 1. The van der Waals surface area contributed by atoms with Gasteiger partial charge in [0.2, 0.25) is 10.0 Å². The Morgan fingerprint density at radius 2 is 2.10 bits per heavy atom. The first-order valence-corrected chi connectivity index (χ1v) is 9.05. The van der Waals surface area contributed by atoms with Crippen molar-refractivity contribution in [2.75, 3.05) is 31.1 Å². The fourth-order valence-corrected chi connectivity index (χ4v) is 3.75. The minimum atomic E-state index is -3.39. The summed E-state index contributed by atoms with van der Waals surface area (Å²) in [5.41, 5.74) is 2.26. The smallest absolute Gasteiger partial charge is 0.240 e. The third-order valence-corrected chi connectivity index (χ3v) is 5.32. The number of hydrogen-bond donors (Lipinski definition) is 2. The molecule has 2 N–H and O–H groups in total. The van der Waals surface area contributed by atoms with Crippen molar-refractivity contribution in [3.63, 3.8) is 0 Å². The first-order valence-electron chi connectivity index (χ1n) is 7.57. The number of aliphatic hydroxyl groups is 1. The van der Waals surface area contributed by atoms with Crippen LogP contribution in [0.5, 0.6) is 0 Å². The summed E-state index contributed by atoms with van der Waals surface area (Å²) < 4.78 is 26.7. The molecule has 0 saturated heterocycles. The highest BCUT2D eigenvalue weighted by molar-refractivity contribution is 7.89. The molecule has 21 heavy (non-hydrogen) atoms. The SMILES string of the molecule is CCNS(=O)(=O)c1ccc2c(c1)N(CCCCCO)CC2. The van der Waals surface area contributed by atoms with Gasteiger partial charge in [0.05, 0.1) is 4.90 Å². The van der Waals surface area contributed by atoms with Crippen LogP contribution in [0.15, 0.2) is 23.1 Å². The normalized spacial score (nSPS) is 14.5. The first kappa shape index (κ1) is 16.3. The zero-order chi connectivity index (χ0) is 15.3. The zero-order valence-corrected chi connectivity index (χ0v) is 13.3. The lowest BCUT2D eigenvalue weighted by molar-refractivity contribution is 0.283. The predicted octanol–water partition coefficient (Wildman–Crippen LogP) is 1.51. The molecule has 1 aliphatic rings. The van der Waals surface area contributed by atoms with E-state index in [0.717, 1.165) is 44.5 Å². The molecule has 0 aliphatic carbocycles. The second-order valence-electron chi connectivity index (χ2n) is 5.31. The minimum Gasteiger partial charge on any atom is -0.396 e. The summed E-state index contributed by atoms with van der Waals surface area (Å²) in [4.78, 5) is 2.59. The van der Waals surface area contributed by atoms with Crippen LogP contribution in [0.4, 0.5) is 5.69 Å². The molecule has 1 aliphatic heterocycles. The van der Waals surface area contributed by atoms with Crippen LogP contribution < -0.4 is 9.62 Å². The van der Waals surface area contributed by atoms with E-state index in [2.05, 4.69) is 9.62 Å². The minimum absolute atomic E-state index is 0.238. The molecule has 0 spiro atoms. The van der Waals surface area contributed by atoms with E-state index >= 15 is 0 Å². The van der Waals surface area contributed by atoms with E-state index in [1.807, 2.05) is 6.07 Å². The molecular formula is C15H24N2O3S. The van der Waals surface area contributed by atoms with E-state index in [9.17, 15) is 8.42 Å². The van der Waals surface area contributed by atoms with E-state index in [1.165, 1.54) is 5.56 Å². The molecule has 0 unspecified atom stereocenters. The molecule has 0 fully saturated rings. The van der Waals surface area contributed by atoms with E-state index in [1.54, 1.807) is 19.1 Å². The van der Waals surface area contributed by atoms with Gasteiger partial charge in [-0.3, -0.25) is 0 Å². The highest BCUT2D eigenvalue weighted by Crippen LogP contribution is 2.30. The molecular weight excluding hydrogens is 288 g/mol. The monoisotopic (exact) mass is 312 g/mol. The quantitative estimate of drug-likeness (QED) is 0.714. The van der Waals surface area contributed by atoms with Crippen molar-refractivity contribution in [3.8, 4) is 0 Å². The number of hydrogen-bond acceptors (Lipinski definition) is 4. The standard InChI is InChI=1S/C15H24N2O3S/c1-2-16-21(19,20)14-7-6-13-8-10-17(15(13)12-14)9-4-3-5-11-18/h6-7,12,16,18H,2-5,8-11H2,1H3. The van der Waals surface area contributed by atoms with E-state index in [4.69, 9.17) is 5.11 Å². The summed E-state index contributed by atoms with van der Waals surface area (Å²) in [6.07, 6.45) is 3.81. The van der Waals surface area contributed by atoms with Crippen LogP contribution in [0.3, 0.4) is 0 Å². The molecule has 118 valence electrons. The lowest BCUT2D eigenvalue weighted by Gasteiger charge is -2.20. The van der Waals surface area contributed by atoms with Gasteiger partial charge in [-0.2, -0.15) is 0 Å². The van der Waals surface area contributed by atoms with E-state index in [0.29, 0.717) is 11.4 Å². The molecule has 2 rings (SSSR count). The molecule has 1 aromatic carbocycles. The lowest BCUT2D eigenvalue weighted by atomic mass is 10.2. The Bertz CT molecular complexity index is 572. The predicted molar refractivity (Wildman–Crippen MR) is 84.2 cm³/mol. The topological polar surface area (TPSA) is 69.6 Å². The van der Waals surface area contributed by atoms with Crippen LogP contribution in [0.25, 0.3) is 0 Å². The maximum absolute atomic E-state index is 12.1. The van der Waals surface area contributed by atoms with Crippen molar-refractivity contribution in [1.29, 1.82) is 0 Å². The van der Waals surface area contributed by atoms with Gasteiger partial charge >= 0.3 is 0 Å². The van der Waals surface area contributed by atoms with Gasteiger partial charge in [-0.25, -0.2) is 13.1 Å². The fourth-order valence-electron chi connectivity index (χ4n) is 2.69. The van der Waals surface area contributed by atoms with Crippen molar-refractivity contribution >= 4 is 15.7 Å². The van der Waals surface area contributed by atoms with Gasteiger partial charge in [0.1, 0.15) is 0 Å². The van der Waals surface area contributed by atoms with Crippen LogP contribution in [-0.2, 0) is 16.4 Å². The molecule has 1 aromatic rings. The summed E-state index contributed by atoms with van der Waals surface area (Å²) >= 11 is 0. The Morgan fingerprint density at radius 1 is 1.29 bits per heavy atom. The van der Waals surface area contributed by atoms with Gasteiger partial charge in [-0.15, -0.1) is 0 Å². The number of nitrogens with one attached hydrogen (secondary N) is 1. The fraction of sp³-hybridized carbons (Fsp3) is 0.600. The van der Waals surface area contributed by atoms with Crippen LogP contribution in [0.2, 0.25) is 0 Å². The average Bonchev–Trinajstić information content (AvgIpc) is 2.86. The molecule has 5 nitrogen and oxygen atoms in total. The zero-order valence-electron chi connectivity index (χ0n) is 12.5. The van der Waals surface area contributed by atoms with E-state index in [-0.39, 0.29) is 6.61 Å². The number of sulfonamides is 1. The van der Waals surface area contributed by atoms with Gasteiger partial charge in [0.15, 0.2) is 0 Å². The Labute approximate surface area is 127 Å². The Kier molecular flexibility index (Phi) is 5.61. The number of unbranched alkanes of at least 4 members (excludes halogenated alkanes) is 2. The maximum atomic E-state index is 12.1. The van der Waals surface area contributed by atoms with Crippen molar-refractivity contribution in [1.82, 2.24) is 4.72 Å². The molecule has 0 atom stereocenters. The molecule has 0 aromatic heterocycles. The summed E-state index contributed by atoms with van der Waals surface area (Å²) in [5, 5.41) is 8.81. The second kappa shape index (κ2) is 7.24. The van der Waals surface area contributed by atoms with E-state index < -0.39 is 10.0 Å². The number of anilines is 1. The van der Waals surface area contributed by atoms with Gasteiger partial charge < -0.3 is 10.0 Å². The summed E-state index contributed by atoms with van der Waals surface area (Å²) in [6.45, 7) is 4.27. The van der Waals surface area contributed by atoms with Gasteiger partial charge in [0, 0.05) is 31.9 Å². The summed E-state index contributed by atoms with van der Waals surface area (Å²) in [6, 6.07) is 5.39. The number of fused-ring (bicyclic) bond motifs is 1.